The van der Waals surface area contributed by atoms with Crippen LogP contribution in [0.1, 0.15) is 12.8 Å². The highest BCUT2D eigenvalue weighted by Gasteiger charge is 2.13. The number of halogens is 1. The lowest BCUT2D eigenvalue weighted by molar-refractivity contribution is 0.0838. The van der Waals surface area contributed by atoms with E-state index in [4.69, 9.17) is 4.74 Å². The first kappa shape index (κ1) is 11.5. The Labute approximate surface area is 103 Å². The quantitative estimate of drug-likeness (QED) is 0.863. The van der Waals surface area contributed by atoms with E-state index in [0.717, 1.165) is 30.5 Å². The normalized spacial score (nSPS) is 17.9. The summed E-state index contributed by atoms with van der Waals surface area (Å²) in [5.41, 5.74) is 0. The van der Waals surface area contributed by atoms with Gasteiger partial charge < -0.3 is 4.74 Å². The zero-order valence-electron chi connectivity index (χ0n) is 8.41. The molecule has 0 amide bonds. The Bertz CT molecular complexity index is 315. The minimum atomic E-state index is 0.586. The molecule has 4 heteroatoms. The molecule has 15 heavy (non-hydrogen) atoms. The third-order valence-electron chi connectivity index (χ3n) is 2.36. The van der Waals surface area contributed by atoms with E-state index in [1.54, 1.807) is 11.9 Å². The van der Waals surface area contributed by atoms with Gasteiger partial charge in [-0.25, -0.2) is 0 Å². The molecule has 1 saturated heterocycles. The maximum absolute atomic E-state index is 5.31. The smallest absolute Gasteiger partial charge is 0.0481 e. The SMILES string of the molecule is Brc1cccc(SNC2CCOCC2)c1. The maximum Gasteiger partial charge on any atom is 0.0481 e. The van der Waals surface area contributed by atoms with Crippen molar-refractivity contribution in [2.45, 2.75) is 23.8 Å². The third-order valence-corrected chi connectivity index (χ3v) is 3.79. The van der Waals surface area contributed by atoms with Crippen LogP contribution >= 0.6 is 27.9 Å². The molecule has 0 bridgehead atoms. The topological polar surface area (TPSA) is 21.3 Å². The van der Waals surface area contributed by atoms with Crippen LogP contribution in [0.3, 0.4) is 0 Å². The lowest BCUT2D eigenvalue weighted by Crippen LogP contribution is -2.30. The monoisotopic (exact) mass is 287 g/mol. The van der Waals surface area contributed by atoms with Crippen LogP contribution in [0.15, 0.2) is 33.6 Å². The fraction of sp³-hybridized carbons (Fsp3) is 0.455. The number of nitrogens with one attached hydrogen (secondary N) is 1. The number of hydrogen-bond acceptors (Lipinski definition) is 3. The summed E-state index contributed by atoms with van der Waals surface area (Å²) in [6.45, 7) is 1.77. The molecule has 0 saturated carbocycles. The van der Waals surface area contributed by atoms with Crippen molar-refractivity contribution < 1.29 is 4.74 Å². The molecule has 1 aromatic carbocycles. The zero-order valence-corrected chi connectivity index (χ0v) is 10.8. The molecule has 0 aromatic heterocycles. The summed E-state index contributed by atoms with van der Waals surface area (Å²) >= 11 is 5.17. The Morgan fingerprint density at radius 1 is 1.33 bits per heavy atom. The average molecular weight is 288 g/mol. The minimum absolute atomic E-state index is 0.586. The van der Waals surface area contributed by atoms with E-state index in [-0.39, 0.29) is 0 Å². The number of hydrogen-bond donors (Lipinski definition) is 1. The van der Waals surface area contributed by atoms with Crippen LogP contribution in [0.4, 0.5) is 0 Å². The first-order chi connectivity index (χ1) is 7.34. The van der Waals surface area contributed by atoms with Gasteiger partial charge in [0.25, 0.3) is 0 Å². The van der Waals surface area contributed by atoms with Gasteiger partial charge in [0.1, 0.15) is 0 Å². The van der Waals surface area contributed by atoms with Gasteiger partial charge in [-0.2, -0.15) is 0 Å². The summed E-state index contributed by atoms with van der Waals surface area (Å²) in [7, 11) is 0. The number of benzene rings is 1. The van der Waals surface area contributed by atoms with Gasteiger partial charge in [-0.1, -0.05) is 22.0 Å². The molecule has 0 radical (unpaired) electrons. The summed E-state index contributed by atoms with van der Waals surface area (Å²) < 4.78 is 9.92. The van der Waals surface area contributed by atoms with Crippen LogP contribution in [0.2, 0.25) is 0 Å². The molecule has 1 heterocycles. The van der Waals surface area contributed by atoms with Crippen LogP contribution in [-0.2, 0) is 4.74 Å². The van der Waals surface area contributed by atoms with Crippen molar-refractivity contribution in [3.05, 3.63) is 28.7 Å². The van der Waals surface area contributed by atoms with E-state index >= 15 is 0 Å². The summed E-state index contributed by atoms with van der Waals surface area (Å²) in [4.78, 5) is 1.25. The predicted molar refractivity (Wildman–Crippen MR) is 67.0 cm³/mol. The molecule has 2 rings (SSSR count). The highest BCUT2D eigenvalue weighted by molar-refractivity contribution is 9.10. The van der Waals surface area contributed by atoms with Gasteiger partial charge >= 0.3 is 0 Å². The molecule has 1 aliphatic rings. The van der Waals surface area contributed by atoms with E-state index in [1.165, 1.54) is 4.90 Å². The molecule has 1 aromatic rings. The summed E-state index contributed by atoms with van der Waals surface area (Å²) in [6.07, 6.45) is 2.22. The fourth-order valence-electron chi connectivity index (χ4n) is 1.50. The summed E-state index contributed by atoms with van der Waals surface area (Å²) in [5, 5.41) is 0. The van der Waals surface area contributed by atoms with Crippen molar-refractivity contribution in [3.8, 4) is 0 Å². The van der Waals surface area contributed by atoms with Crippen molar-refractivity contribution in [3.63, 3.8) is 0 Å². The van der Waals surface area contributed by atoms with Gasteiger partial charge in [-0.05, 0) is 43.0 Å². The molecular weight excluding hydrogens is 274 g/mol. The van der Waals surface area contributed by atoms with Crippen LogP contribution in [-0.4, -0.2) is 19.3 Å². The van der Waals surface area contributed by atoms with Crippen molar-refractivity contribution in [2.75, 3.05) is 13.2 Å². The summed E-state index contributed by atoms with van der Waals surface area (Å²) in [6, 6.07) is 8.91. The van der Waals surface area contributed by atoms with Gasteiger partial charge in [0.15, 0.2) is 0 Å². The molecular formula is C11H14BrNOS. The fourth-order valence-corrected chi connectivity index (χ4v) is 2.92. The van der Waals surface area contributed by atoms with Crippen LogP contribution in [0.5, 0.6) is 0 Å². The Morgan fingerprint density at radius 3 is 2.87 bits per heavy atom. The van der Waals surface area contributed by atoms with Crippen molar-refractivity contribution in [1.29, 1.82) is 0 Å². The first-order valence-electron chi connectivity index (χ1n) is 5.10. The number of ether oxygens (including phenoxy) is 1. The highest BCUT2D eigenvalue weighted by Crippen LogP contribution is 2.21. The van der Waals surface area contributed by atoms with E-state index in [9.17, 15) is 0 Å². The lowest BCUT2D eigenvalue weighted by atomic mass is 10.1. The van der Waals surface area contributed by atoms with Gasteiger partial charge in [-0.3, -0.25) is 4.72 Å². The molecule has 0 unspecified atom stereocenters. The Kier molecular flexibility index (Phi) is 4.50. The lowest BCUT2D eigenvalue weighted by Gasteiger charge is -2.22. The molecule has 0 spiro atoms. The molecule has 1 aliphatic heterocycles. The van der Waals surface area contributed by atoms with Crippen molar-refractivity contribution in [2.24, 2.45) is 0 Å². The van der Waals surface area contributed by atoms with Gasteiger partial charge in [0.05, 0.1) is 0 Å². The van der Waals surface area contributed by atoms with Crippen LogP contribution < -0.4 is 4.72 Å². The second kappa shape index (κ2) is 5.89. The Balaban J connectivity index is 1.81. The minimum Gasteiger partial charge on any atom is -0.381 e. The molecule has 82 valence electrons. The second-order valence-electron chi connectivity index (χ2n) is 3.56. The Hall–Kier alpha value is -0.0300. The van der Waals surface area contributed by atoms with Crippen LogP contribution in [0, 0.1) is 0 Å². The molecule has 0 aliphatic carbocycles. The van der Waals surface area contributed by atoms with Crippen LogP contribution in [0.25, 0.3) is 0 Å². The molecule has 1 fully saturated rings. The van der Waals surface area contributed by atoms with Gasteiger partial charge in [0.2, 0.25) is 0 Å². The standard InChI is InChI=1S/C11H14BrNOS/c12-9-2-1-3-11(8-9)15-13-10-4-6-14-7-5-10/h1-3,8,10,13H,4-7H2. The molecule has 0 atom stereocenters. The average Bonchev–Trinajstić information content (AvgIpc) is 2.28. The highest BCUT2D eigenvalue weighted by atomic mass is 79.9. The van der Waals surface area contributed by atoms with E-state index < -0.39 is 0 Å². The third kappa shape index (κ3) is 3.79. The van der Waals surface area contributed by atoms with Crippen molar-refractivity contribution in [1.82, 2.24) is 4.72 Å². The predicted octanol–water partition coefficient (Wildman–Crippen LogP) is 3.22. The van der Waals surface area contributed by atoms with E-state index in [1.807, 2.05) is 6.07 Å². The number of rotatable bonds is 3. The largest absolute Gasteiger partial charge is 0.381 e. The van der Waals surface area contributed by atoms with Gasteiger partial charge in [-0.15, -0.1) is 0 Å². The molecule has 2 nitrogen and oxygen atoms in total. The van der Waals surface area contributed by atoms with E-state index in [2.05, 4.69) is 38.9 Å². The van der Waals surface area contributed by atoms with Crippen molar-refractivity contribution >= 4 is 27.9 Å². The van der Waals surface area contributed by atoms with Gasteiger partial charge in [0, 0.05) is 28.6 Å². The first-order valence-corrected chi connectivity index (χ1v) is 6.71. The second-order valence-corrected chi connectivity index (χ2v) is 5.39. The molecule has 1 N–H and O–H groups in total. The maximum atomic E-state index is 5.31. The summed E-state index contributed by atoms with van der Waals surface area (Å²) in [5.74, 6) is 0. The van der Waals surface area contributed by atoms with E-state index in [0.29, 0.717) is 6.04 Å². The Morgan fingerprint density at radius 2 is 2.13 bits per heavy atom. The zero-order chi connectivity index (χ0) is 10.5.